The quantitative estimate of drug-likeness (QED) is 0.143. The minimum absolute atomic E-state index is 0.798. The molecule has 4 heteroatoms. The molecule has 2 aromatic heterocycles. The minimum atomic E-state index is 0.798. The zero-order chi connectivity index (χ0) is 43.1. The first-order valence-corrected chi connectivity index (χ1v) is 22.2. The van der Waals surface area contributed by atoms with Crippen molar-refractivity contribution >= 4 is 94.5 Å². The van der Waals surface area contributed by atoms with Gasteiger partial charge in [-0.3, -0.25) is 0 Å². The van der Waals surface area contributed by atoms with Crippen LogP contribution in [0.1, 0.15) is 63.8 Å². The molecule has 1 aliphatic carbocycles. The van der Waals surface area contributed by atoms with Crippen molar-refractivity contribution in [3.63, 3.8) is 0 Å². The van der Waals surface area contributed by atoms with Gasteiger partial charge in [0.2, 0.25) is 0 Å². The summed E-state index contributed by atoms with van der Waals surface area (Å²) in [6, 6.07) is 45.0. The molecule has 0 aliphatic heterocycles. The summed E-state index contributed by atoms with van der Waals surface area (Å²) in [5.41, 5.74) is 16.6. The Morgan fingerprint density at radius 3 is 1.84 bits per heavy atom. The third kappa shape index (κ3) is 6.11. The standard InChI is InChI=1S/C59H50N2O2/c1-8-9-15-43-40(7)62-58-44(43)18-13-20-52(58)61(54-34-36(3)22-24-38(54)5)50-32-28-42-25-29-47-49(31-27-41-26-30-48(50)56(42)55(41)47)60(53-33-35(2)21-23-37(53)4)51-19-11-10-16-46-45-17-12-14-39(6)57(45)63-59(46)51/h9-15,17-34H,8,16H2,1-7H3/b15-9-. The number of fused-ring (bicyclic) bond motifs is 4. The van der Waals surface area contributed by atoms with Crippen molar-refractivity contribution in [1.82, 2.24) is 0 Å². The van der Waals surface area contributed by atoms with Gasteiger partial charge >= 0.3 is 0 Å². The number of allylic oxidation sites excluding steroid dienone is 4. The van der Waals surface area contributed by atoms with E-state index in [1.54, 1.807) is 0 Å². The predicted octanol–water partition coefficient (Wildman–Crippen LogP) is 17.1. The molecule has 1 aliphatic rings. The highest BCUT2D eigenvalue weighted by Gasteiger charge is 2.29. The van der Waals surface area contributed by atoms with Gasteiger partial charge in [-0.2, -0.15) is 0 Å². The van der Waals surface area contributed by atoms with Gasteiger partial charge in [0.1, 0.15) is 11.3 Å². The zero-order valence-corrected chi connectivity index (χ0v) is 37.1. The monoisotopic (exact) mass is 818 g/mol. The molecule has 308 valence electrons. The third-order valence-corrected chi connectivity index (χ3v) is 13.2. The number of furan rings is 2. The molecular weight excluding hydrogens is 769 g/mol. The van der Waals surface area contributed by atoms with Crippen molar-refractivity contribution in [1.29, 1.82) is 0 Å². The van der Waals surface area contributed by atoms with E-state index in [4.69, 9.17) is 8.83 Å². The summed E-state index contributed by atoms with van der Waals surface area (Å²) in [6.07, 6.45) is 12.9. The van der Waals surface area contributed by atoms with E-state index in [0.717, 1.165) is 86.2 Å². The first-order chi connectivity index (χ1) is 30.7. The molecule has 0 bridgehead atoms. The zero-order valence-electron chi connectivity index (χ0n) is 37.1. The molecule has 63 heavy (non-hydrogen) atoms. The summed E-state index contributed by atoms with van der Waals surface area (Å²) in [4.78, 5) is 4.89. The van der Waals surface area contributed by atoms with Crippen LogP contribution in [0.4, 0.5) is 28.4 Å². The van der Waals surface area contributed by atoms with Gasteiger partial charge in [-0.1, -0.05) is 122 Å². The summed E-state index contributed by atoms with van der Waals surface area (Å²) >= 11 is 0. The van der Waals surface area contributed by atoms with Crippen LogP contribution >= 0.6 is 0 Å². The number of rotatable bonds is 8. The second kappa shape index (κ2) is 15.0. The molecule has 0 fully saturated rings. The van der Waals surface area contributed by atoms with E-state index < -0.39 is 0 Å². The maximum Gasteiger partial charge on any atom is 0.158 e. The molecule has 2 heterocycles. The van der Waals surface area contributed by atoms with Crippen LogP contribution in [0.25, 0.3) is 66.0 Å². The Balaban J connectivity index is 1.19. The maximum absolute atomic E-state index is 6.97. The topological polar surface area (TPSA) is 32.8 Å². The van der Waals surface area contributed by atoms with Crippen molar-refractivity contribution in [2.45, 2.75) is 61.3 Å². The van der Waals surface area contributed by atoms with E-state index in [1.807, 2.05) is 0 Å². The summed E-state index contributed by atoms with van der Waals surface area (Å²) in [5.74, 6) is 1.83. The molecule has 0 saturated carbocycles. The predicted molar refractivity (Wildman–Crippen MR) is 268 cm³/mol. The second-order valence-electron chi connectivity index (χ2n) is 17.4. The summed E-state index contributed by atoms with van der Waals surface area (Å²) < 4.78 is 13.7. The number of aryl methyl sites for hydroxylation is 6. The molecule has 11 rings (SSSR count). The second-order valence-corrected chi connectivity index (χ2v) is 17.4. The Morgan fingerprint density at radius 1 is 0.540 bits per heavy atom. The van der Waals surface area contributed by atoms with E-state index in [-0.39, 0.29) is 0 Å². The summed E-state index contributed by atoms with van der Waals surface area (Å²) in [6.45, 7) is 15.2. The highest BCUT2D eigenvalue weighted by molar-refractivity contribution is 6.28. The largest absolute Gasteiger partial charge is 0.459 e. The number of nitrogens with zero attached hydrogens (tertiary/aromatic N) is 2. The number of anilines is 5. The van der Waals surface area contributed by atoms with Gasteiger partial charge in [0.25, 0.3) is 0 Å². The van der Waals surface area contributed by atoms with Gasteiger partial charge in [-0.15, -0.1) is 0 Å². The van der Waals surface area contributed by atoms with Crippen molar-refractivity contribution < 1.29 is 8.83 Å². The van der Waals surface area contributed by atoms with E-state index in [1.165, 1.54) is 65.5 Å². The fourth-order valence-electron chi connectivity index (χ4n) is 10.0. The Hall–Kier alpha value is -7.30. The van der Waals surface area contributed by atoms with Gasteiger partial charge in [-0.25, -0.2) is 0 Å². The van der Waals surface area contributed by atoms with Crippen molar-refractivity contribution in [3.8, 4) is 0 Å². The van der Waals surface area contributed by atoms with Crippen LogP contribution in [-0.2, 0) is 6.42 Å². The molecule has 0 spiro atoms. The van der Waals surface area contributed by atoms with Gasteiger partial charge in [0.05, 0.1) is 22.8 Å². The molecule has 0 amide bonds. The van der Waals surface area contributed by atoms with Gasteiger partial charge in [0, 0.05) is 44.0 Å². The van der Waals surface area contributed by atoms with Gasteiger partial charge in [-0.05, 0) is 140 Å². The lowest BCUT2D eigenvalue weighted by atomic mass is 9.91. The van der Waals surface area contributed by atoms with Crippen LogP contribution in [0.15, 0.2) is 154 Å². The molecule has 0 radical (unpaired) electrons. The van der Waals surface area contributed by atoms with E-state index in [9.17, 15) is 0 Å². The van der Waals surface area contributed by atoms with Crippen LogP contribution in [0, 0.1) is 41.5 Å². The smallest absolute Gasteiger partial charge is 0.158 e. The Kier molecular flexibility index (Phi) is 9.17. The lowest BCUT2D eigenvalue weighted by Crippen LogP contribution is -2.17. The lowest BCUT2D eigenvalue weighted by Gasteiger charge is -2.31. The van der Waals surface area contributed by atoms with Crippen LogP contribution in [0.5, 0.6) is 0 Å². The highest BCUT2D eigenvalue weighted by Crippen LogP contribution is 2.50. The van der Waals surface area contributed by atoms with Gasteiger partial charge in [0.15, 0.2) is 11.3 Å². The Morgan fingerprint density at radius 2 is 1.16 bits per heavy atom. The normalized spacial score (nSPS) is 13.0. The maximum atomic E-state index is 6.97. The number of para-hydroxylation sites is 2. The van der Waals surface area contributed by atoms with Crippen molar-refractivity contribution in [3.05, 3.63) is 196 Å². The number of hydrogen-bond acceptors (Lipinski definition) is 4. The van der Waals surface area contributed by atoms with Gasteiger partial charge < -0.3 is 18.6 Å². The number of benzene rings is 8. The molecule has 8 aromatic carbocycles. The molecule has 0 unspecified atom stereocenters. The SMILES string of the molecule is CC/C=C\c1c(C)oc2c(N(c3cc(C)ccc3C)c3ccc4ccc5c(N(C6=CC=CCc7c6oc6c(C)cccc76)c6cc(C)ccc6C)ccc6ccc3c4c65)cccc12. The first kappa shape index (κ1) is 38.6. The van der Waals surface area contributed by atoms with Crippen molar-refractivity contribution in [2.75, 3.05) is 9.80 Å². The van der Waals surface area contributed by atoms with Crippen LogP contribution < -0.4 is 9.80 Å². The fourth-order valence-corrected chi connectivity index (χ4v) is 10.0. The van der Waals surface area contributed by atoms with Crippen molar-refractivity contribution in [2.24, 2.45) is 0 Å². The molecule has 4 nitrogen and oxygen atoms in total. The first-order valence-electron chi connectivity index (χ1n) is 22.2. The molecule has 0 N–H and O–H groups in total. The van der Waals surface area contributed by atoms with Crippen LogP contribution in [0.3, 0.4) is 0 Å². The van der Waals surface area contributed by atoms with E-state index in [2.05, 4.69) is 210 Å². The Bertz CT molecular complexity index is 3550. The molecular formula is C59H50N2O2. The summed E-state index contributed by atoms with van der Waals surface area (Å²) in [5, 5.41) is 9.54. The molecule has 0 atom stereocenters. The average Bonchev–Trinajstić information content (AvgIpc) is 3.75. The summed E-state index contributed by atoms with van der Waals surface area (Å²) in [7, 11) is 0. The molecule has 0 saturated heterocycles. The lowest BCUT2D eigenvalue weighted by molar-refractivity contribution is 0.578. The van der Waals surface area contributed by atoms with Crippen LogP contribution in [-0.4, -0.2) is 0 Å². The number of hydrogen-bond donors (Lipinski definition) is 0. The van der Waals surface area contributed by atoms with E-state index in [0.29, 0.717) is 0 Å². The average molecular weight is 819 g/mol. The highest BCUT2D eigenvalue weighted by atomic mass is 16.3. The van der Waals surface area contributed by atoms with E-state index >= 15 is 0 Å². The Labute approximate surface area is 369 Å². The van der Waals surface area contributed by atoms with Crippen LogP contribution in [0.2, 0.25) is 0 Å². The third-order valence-electron chi connectivity index (χ3n) is 13.2. The fraction of sp³-hybridized carbons (Fsp3) is 0.153. The minimum Gasteiger partial charge on any atom is -0.459 e. The molecule has 10 aromatic rings.